The van der Waals surface area contributed by atoms with Crippen LogP contribution in [0, 0.1) is 0 Å². The van der Waals surface area contributed by atoms with Crippen LogP contribution in [0.4, 0.5) is 13.2 Å². The van der Waals surface area contributed by atoms with E-state index in [1.807, 2.05) is 18.4 Å². The largest absolute Gasteiger partial charge is 0.417 e. The summed E-state index contributed by atoms with van der Waals surface area (Å²) in [7, 11) is 0. The number of thiophene rings is 1. The number of benzene rings is 1. The number of hydrogen-bond donors (Lipinski definition) is 0. The minimum absolute atomic E-state index is 0.000708. The molecule has 2 heterocycles. The molecular formula is C18H16F3NOS. The first-order valence-electron chi connectivity index (χ1n) is 7.59. The summed E-state index contributed by atoms with van der Waals surface area (Å²) in [6.07, 6.45) is -3.17. The van der Waals surface area contributed by atoms with E-state index in [1.165, 1.54) is 34.0 Å². The fraction of sp³-hybridized carbons (Fsp3) is 0.278. The summed E-state index contributed by atoms with van der Waals surface area (Å²) >= 11 is 1.62. The summed E-state index contributed by atoms with van der Waals surface area (Å²) in [6.45, 7) is 2.29. The summed E-state index contributed by atoms with van der Waals surface area (Å²) in [6, 6.07) is 9.15. The maximum absolute atomic E-state index is 13.4. The summed E-state index contributed by atoms with van der Waals surface area (Å²) in [4.78, 5) is 15.2. The molecule has 2 aromatic rings. The van der Waals surface area contributed by atoms with Crippen LogP contribution in [0.3, 0.4) is 0 Å². The van der Waals surface area contributed by atoms with Gasteiger partial charge in [0.25, 0.3) is 0 Å². The number of carbonyl (C=O) groups excluding carboxylic acids is 1. The monoisotopic (exact) mass is 351 g/mol. The molecule has 0 spiro atoms. The third-order valence-corrected chi connectivity index (χ3v) is 5.21. The number of fused-ring (bicyclic) bond motifs is 1. The Morgan fingerprint density at radius 1 is 1.25 bits per heavy atom. The second-order valence-electron chi connectivity index (χ2n) is 5.68. The van der Waals surface area contributed by atoms with Gasteiger partial charge in [0.05, 0.1) is 11.6 Å². The fourth-order valence-electron chi connectivity index (χ4n) is 2.96. The van der Waals surface area contributed by atoms with E-state index in [9.17, 15) is 18.0 Å². The number of amides is 1. The van der Waals surface area contributed by atoms with Crippen molar-refractivity contribution in [1.29, 1.82) is 0 Å². The molecule has 3 rings (SSSR count). The number of rotatable bonds is 2. The van der Waals surface area contributed by atoms with Crippen molar-refractivity contribution >= 4 is 22.8 Å². The normalized spacial score (nSPS) is 18.4. The number of alkyl halides is 3. The lowest BCUT2D eigenvalue weighted by atomic mass is 10.00. The van der Waals surface area contributed by atoms with Crippen molar-refractivity contribution in [3.8, 4) is 0 Å². The van der Waals surface area contributed by atoms with Gasteiger partial charge in [-0.15, -0.1) is 11.3 Å². The van der Waals surface area contributed by atoms with E-state index in [-0.39, 0.29) is 11.6 Å². The molecular weight excluding hydrogens is 335 g/mol. The van der Waals surface area contributed by atoms with Gasteiger partial charge in [-0.05, 0) is 35.9 Å². The molecule has 0 aliphatic carbocycles. The molecule has 0 fully saturated rings. The third kappa shape index (κ3) is 3.24. The van der Waals surface area contributed by atoms with E-state index in [4.69, 9.17) is 0 Å². The average molecular weight is 351 g/mol. The second kappa shape index (κ2) is 6.43. The summed E-state index contributed by atoms with van der Waals surface area (Å²) in [5.41, 5.74) is 0.122. The molecule has 0 saturated heterocycles. The lowest BCUT2D eigenvalue weighted by Gasteiger charge is -2.33. The molecule has 1 aliphatic rings. The van der Waals surface area contributed by atoms with Gasteiger partial charge in [-0.1, -0.05) is 30.3 Å². The number of allylic oxidation sites excluding steroid dienone is 1. The molecule has 1 atom stereocenters. The smallest absolute Gasteiger partial charge is 0.332 e. The molecule has 1 aliphatic heterocycles. The Hall–Kier alpha value is -2.08. The maximum atomic E-state index is 13.4. The Labute approximate surface area is 142 Å². The topological polar surface area (TPSA) is 20.3 Å². The van der Waals surface area contributed by atoms with Crippen molar-refractivity contribution in [2.45, 2.75) is 25.6 Å². The van der Waals surface area contributed by atoms with Crippen LogP contribution >= 0.6 is 11.3 Å². The molecule has 126 valence electrons. The number of carbonyl (C=O) groups is 1. The Morgan fingerprint density at radius 3 is 2.62 bits per heavy atom. The Bertz CT molecular complexity index is 764. The Kier molecular flexibility index (Phi) is 4.49. The summed E-state index contributed by atoms with van der Waals surface area (Å²) in [5.74, 6) is -0.601. The lowest BCUT2D eigenvalue weighted by molar-refractivity contribution is -0.128. The lowest BCUT2D eigenvalue weighted by Crippen LogP contribution is -2.37. The van der Waals surface area contributed by atoms with E-state index in [0.29, 0.717) is 13.0 Å². The van der Waals surface area contributed by atoms with E-state index < -0.39 is 17.7 Å². The van der Waals surface area contributed by atoms with Crippen molar-refractivity contribution in [3.63, 3.8) is 0 Å². The predicted molar refractivity (Wildman–Crippen MR) is 88.6 cm³/mol. The highest BCUT2D eigenvalue weighted by Crippen LogP contribution is 2.36. The van der Waals surface area contributed by atoms with Crippen LogP contribution in [0.25, 0.3) is 5.57 Å². The number of halogens is 3. The highest BCUT2D eigenvalue weighted by Gasteiger charge is 2.36. The zero-order valence-corrected chi connectivity index (χ0v) is 13.8. The molecule has 1 aromatic carbocycles. The highest BCUT2D eigenvalue weighted by molar-refractivity contribution is 7.10. The van der Waals surface area contributed by atoms with E-state index in [1.54, 1.807) is 17.4 Å². The second-order valence-corrected chi connectivity index (χ2v) is 6.68. The molecule has 1 amide bonds. The van der Waals surface area contributed by atoms with E-state index in [2.05, 4.69) is 0 Å². The number of nitrogens with zero attached hydrogens (tertiary/aromatic N) is 1. The van der Waals surface area contributed by atoms with Crippen molar-refractivity contribution in [3.05, 3.63) is 63.9 Å². The first kappa shape index (κ1) is 16.8. The molecule has 2 nitrogen and oxygen atoms in total. The van der Waals surface area contributed by atoms with E-state index >= 15 is 0 Å². The van der Waals surface area contributed by atoms with Crippen molar-refractivity contribution < 1.29 is 18.0 Å². The zero-order valence-electron chi connectivity index (χ0n) is 13.0. The van der Waals surface area contributed by atoms with Gasteiger partial charge in [0.2, 0.25) is 5.91 Å². The molecule has 6 heteroatoms. The van der Waals surface area contributed by atoms with Crippen LogP contribution in [0.1, 0.15) is 29.0 Å². The molecule has 0 radical (unpaired) electrons. The fourth-order valence-corrected chi connectivity index (χ4v) is 3.93. The van der Waals surface area contributed by atoms with Crippen molar-refractivity contribution in [2.75, 3.05) is 6.54 Å². The highest BCUT2D eigenvalue weighted by atomic mass is 32.1. The molecule has 1 aromatic heterocycles. The zero-order chi connectivity index (χ0) is 17.3. The van der Waals surface area contributed by atoms with Crippen LogP contribution < -0.4 is 0 Å². The summed E-state index contributed by atoms with van der Waals surface area (Å²) < 4.78 is 40.1. The van der Waals surface area contributed by atoms with E-state index in [0.717, 1.165) is 11.6 Å². The molecule has 0 saturated carbocycles. The van der Waals surface area contributed by atoms with Gasteiger partial charge in [-0.3, -0.25) is 4.79 Å². The first-order valence-corrected chi connectivity index (χ1v) is 8.47. The first-order chi connectivity index (χ1) is 11.4. The predicted octanol–water partition coefficient (Wildman–Crippen LogP) is 4.84. The Balaban J connectivity index is 1.92. The molecule has 24 heavy (non-hydrogen) atoms. The average Bonchev–Trinajstić information content (AvgIpc) is 3.02. The third-order valence-electron chi connectivity index (χ3n) is 4.22. The van der Waals surface area contributed by atoms with Gasteiger partial charge in [0, 0.05) is 17.5 Å². The van der Waals surface area contributed by atoms with Gasteiger partial charge in [-0.2, -0.15) is 13.2 Å². The standard InChI is InChI=1S/C18H16F3NOS/c1-12-14-8-10-24-16(14)7-9-22(12)17(23)11-15(18(19,20)21)13-5-3-2-4-6-13/h2-6,8,10-12H,7,9H2,1H3/b15-11-. The maximum Gasteiger partial charge on any atom is 0.417 e. The van der Waals surface area contributed by atoms with Gasteiger partial charge in [-0.25, -0.2) is 0 Å². The van der Waals surface area contributed by atoms with Crippen LogP contribution in [-0.2, 0) is 11.2 Å². The van der Waals surface area contributed by atoms with Gasteiger partial charge in [0.15, 0.2) is 0 Å². The van der Waals surface area contributed by atoms with Crippen molar-refractivity contribution in [2.24, 2.45) is 0 Å². The molecule has 1 unspecified atom stereocenters. The van der Waals surface area contributed by atoms with Crippen LogP contribution in [0.15, 0.2) is 47.9 Å². The van der Waals surface area contributed by atoms with Gasteiger partial charge in [0.1, 0.15) is 0 Å². The van der Waals surface area contributed by atoms with Crippen LogP contribution in [0.2, 0.25) is 0 Å². The SMILES string of the molecule is CC1c2ccsc2CCN1C(=O)/C=C(/c1ccccc1)C(F)(F)F. The van der Waals surface area contributed by atoms with Crippen molar-refractivity contribution in [1.82, 2.24) is 4.90 Å². The minimum atomic E-state index is -4.58. The molecule has 0 bridgehead atoms. The summed E-state index contributed by atoms with van der Waals surface area (Å²) in [5, 5.41) is 1.95. The van der Waals surface area contributed by atoms with Crippen LogP contribution in [-0.4, -0.2) is 23.5 Å². The van der Waals surface area contributed by atoms with Gasteiger partial charge >= 0.3 is 6.18 Å². The molecule has 0 N–H and O–H groups in total. The van der Waals surface area contributed by atoms with Crippen LogP contribution in [0.5, 0.6) is 0 Å². The Morgan fingerprint density at radius 2 is 1.96 bits per heavy atom. The quantitative estimate of drug-likeness (QED) is 0.709. The minimum Gasteiger partial charge on any atom is -0.332 e. The van der Waals surface area contributed by atoms with Gasteiger partial charge < -0.3 is 4.90 Å². The number of hydrogen-bond acceptors (Lipinski definition) is 2.